The van der Waals surface area contributed by atoms with E-state index >= 15 is 0 Å². The zero-order valence-corrected chi connectivity index (χ0v) is 13.4. The first kappa shape index (κ1) is 18.0. The molecule has 1 aromatic carbocycles. The van der Waals surface area contributed by atoms with E-state index in [-0.39, 0.29) is 11.6 Å². The maximum Gasteiger partial charge on any atom is 0.573 e. The number of ether oxygens (including phenoxy) is 1. The highest BCUT2D eigenvalue weighted by atomic mass is 19.4. The molecule has 1 N–H and O–H groups in total. The zero-order chi connectivity index (χ0) is 18.7. The maximum atomic E-state index is 12.3. The average molecular weight is 372 g/mol. The van der Waals surface area contributed by atoms with Crippen LogP contribution in [0.4, 0.5) is 18.0 Å². The number of carboxylic acid groups (broad SMARTS) is 1. The minimum Gasteiger partial charge on any atom is -0.465 e. The summed E-state index contributed by atoms with van der Waals surface area (Å²) in [7, 11) is 0. The molecule has 2 heterocycles. The molecule has 26 heavy (non-hydrogen) atoms. The number of rotatable bonds is 4. The van der Waals surface area contributed by atoms with Crippen LogP contribution in [0.2, 0.25) is 0 Å². The number of piperazine rings is 1. The number of benzene rings is 1. The Kier molecular flexibility index (Phi) is 4.98. The Morgan fingerprint density at radius 2 is 2.00 bits per heavy atom. The van der Waals surface area contributed by atoms with Crippen LogP contribution in [-0.2, 0) is 6.54 Å². The van der Waals surface area contributed by atoms with Gasteiger partial charge in [-0.1, -0.05) is 11.2 Å². The van der Waals surface area contributed by atoms with Crippen LogP contribution in [0.5, 0.6) is 5.75 Å². The lowest BCUT2D eigenvalue weighted by molar-refractivity contribution is -0.274. The highest BCUT2D eigenvalue weighted by molar-refractivity contribution is 5.65. The number of alkyl halides is 3. The van der Waals surface area contributed by atoms with E-state index in [1.165, 1.54) is 23.1 Å². The molecule has 0 bridgehead atoms. The van der Waals surface area contributed by atoms with Crippen LogP contribution >= 0.6 is 0 Å². The zero-order valence-electron chi connectivity index (χ0n) is 13.4. The predicted molar refractivity (Wildman–Crippen MR) is 81.3 cm³/mol. The van der Waals surface area contributed by atoms with Crippen molar-refractivity contribution >= 4 is 6.09 Å². The lowest BCUT2D eigenvalue weighted by Gasteiger charge is -2.32. The molecule has 1 saturated heterocycles. The Morgan fingerprint density at radius 1 is 1.27 bits per heavy atom. The summed E-state index contributed by atoms with van der Waals surface area (Å²) in [5.41, 5.74) is 0.307. The molecule has 1 aliphatic rings. The first-order chi connectivity index (χ1) is 12.3. The minimum absolute atomic E-state index is 0.0804. The van der Waals surface area contributed by atoms with Crippen molar-refractivity contribution in [1.82, 2.24) is 19.9 Å². The van der Waals surface area contributed by atoms with Gasteiger partial charge in [0.05, 0.1) is 6.54 Å². The smallest absolute Gasteiger partial charge is 0.465 e. The van der Waals surface area contributed by atoms with Crippen molar-refractivity contribution in [2.45, 2.75) is 12.9 Å². The SMILES string of the molecule is O=C(O)N1CCN(Cc2noc(-c3cccc(OC(F)(F)F)c3)n2)CC1. The molecule has 0 radical (unpaired) electrons. The van der Waals surface area contributed by atoms with E-state index in [0.29, 0.717) is 44.1 Å². The van der Waals surface area contributed by atoms with Crippen LogP contribution in [-0.4, -0.2) is 63.7 Å². The van der Waals surface area contributed by atoms with Crippen molar-refractivity contribution in [2.75, 3.05) is 26.2 Å². The standard InChI is InChI=1S/C15H15F3N4O4/c16-15(17,18)25-11-3-1-2-10(8-11)13-19-12(20-26-13)9-21-4-6-22(7-5-21)14(23)24/h1-3,8H,4-7,9H2,(H,23,24). The average Bonchev–Trinajstić information content (AvgIpc) is 3.02. The van der Waals surface area contributed by atoms with Crippen molar-refractivity contribution in [2.24, 2.45) is 0 Å². The summed E-state index contributed by atoms with van der Waals surface area (Å²) in [6.07, 6.45) is -5.73. The normalized spacial score (nSPS) is 15.9. The topological polar surface area (TPSA) is 91.9 Å². The molecule has 2 aromatic rings. The lowest BCUT2D eigenvalue weighted by Crippen LogP contribution is -2.47. The van der Waals surface area contributed by atoms with Gasteiger partial charge in [0.2, 0.25) is 0 Å². The molecule has 0 atom stereocenters. The van der Waals surface area contributed by atoms with Gasteiger partial charge in [-0.05, 0) is 18.2 Å². The molecule has 0 aliphatic carbocycles. The summed E-state index contributed by atoms with van der Waals surface area (Å²) >= 11 is 0. The van der Waals surface area contributed by atoms with E-state index in [1.54, 1.807) is 0 Å². The Bertz CT molecular complexity index is 772. The first-order valence-electron chi connectivity index (χ1n) is 7.69. The second-order valence-corrected chi connectivity index (χ2v) is 5.64. The van der Waals surface area contributed by atoms with Crippen molar-refractivity contribution < 1.29 is 32.3 Å². The fourth-order valence-electron chi connectivity index (χ4n) is 2.56. The third-order valence-electron chi connectivity index (χ3n) is 3.79. The van der Waals surface area contributed by atoms with Crippen LogP contribution in [0.15, 0.2) is 28.8 Å². The quantitative estimate of drug-likeness (QED) is 0.881. The van der Waals surface area contributed by atoms with E-state index in [9.17, 15) is 18.0 Å². The number of halogens is 3. The molecule has 1 aromatic heterocycles. The van der Waals surface area contributed by atoms with Gasteiger partial charge in [0, 0.05) is 31.7 Å². The molecule has 11 heteroatoms. The molecule has 0 saturated carbocycles. The molecule has 0 unspecified atom stereocenters. The molecule has 1 aliphatic heterocycles. The Morgan fingerprint density at radius 3 is 2.65 bits per heavy atom. The molecule has 8 nitrogen and oxygen atoms in total. The maximum absolute atomic E-state index is 12.3. The third-order valence-corrected chi connectivity index (χ3v) is 3.79. The van der Waals surface area contributed by atoms with Crippen LogP contribution < -0.4 is 4.74 Å². The summed E-state index contributed by atoms with van der Waals surface area (Å²) in [4.78, 5) is 18.4. The van der Waals surface area contributed by atoms with Gasteiger partial charge in [-0.25, -0.2) is 4.79 Å². The lowest BCUT2D eigenvalue weighted by atomic mass is 10.2. The van der Waals surface area contributed by atoms with Gasteiger partial charge >= 0.3 is 12.5 Å². The molecule has 1 amide bonds. The van der Waals surface area contributed by atoms with Crippen molar-refractivity contribution in [1.29, 1.82) is 0 Å². The van der Waals surface area contributed by atoms with Gasteiger partial charge < -0.3 is 19.3 Å². The highest BCUT2D eigenvalue weighted by Crippen LogP contribution is 2.27. The number of hydrogen-bond acceptors (Lipinski definition) is 6. The minimum atomic E-state index is -4.78. The van der Waals surface area contributed by atoms with E-state index in [1.807, 2.05) is 4.90 Å². The van der Waals surface area contributed by atoms with Crippen LogP contribution in [0, 0.1) is 0 Å². The predicted octanol–water partition coefficient (Wildman–Crippen LogP) is 2.43. The number of amides is 1. The van der Waals surface area contributed by atoms with Gasteiger partial charge in [-0.3, -0.25) is 4.90 Å². The van der Waals surface area contributed by atoms with Crippen LogP contribution in [0.3, 0.4) is 0 Å². The summed E-state index contributed by atoms with van der Waals surface area (Å²) in [6, 6.07) is 5.27. The van der Waals surface area contributed by atoms with Crippen molar-refractivity contribution in [3.05, 3.63) is 30.1 Å². The number of carbonyl (C=O) groups is 1. The Hall–Kier alpha value is -2.82. The van der Waals surface area contributed by atoms with Gasteiger partial charge in [-0.2, -0.15) is 4.98 Å². The molecule has 0 spiro atoms. The van der Waals surface area contributed by atoms with Gasteiger partial charge in [-0.15, -0.1) is 13.2 Å². The second kappa shape index (κ2) is 7.20. The fraction of sp³-hybridized carbons (Fsp3) is 0.400. The molecule has 1 fully saturated rings. The number of hydrogen-bond donors (Lipinski definition) is 1. The van der Waals surface area contributed by atoms with Crippen molar-refractivity contribution in [3.8, 4) is 17.2 Å². The van der Waals surface area contributed by atoms with E-state index < -0.39 is 12.5 Å². The Labute approximate surface area is 145 Å². The highest BCUT2D eigenvalue weighted by Gasteiger charge is 2.31. The van der Waals surface area contributed by atoms with Crippen molar-refractivity contribution in [3.63, 3.8) is 0 Å². The van der Waals surface area contributed by atoms with E-state index in [4.69, 9.17) is 9.63 Å². The third kappa shape index (κ3) is 4.63. The number of nitrogens with zero attached hydrogens (tertiary/aromatic N) is 4. The Balaban J connectivity index is 1.63. The van der Waals surface area contributed by atoms with E-state index in [2.05, 4.69) is 14.9 Å². The second-order valence-electron chi connectivity index (χ2n) is 5.64. The molecular formula is C15H15F3N4O4. The summed E-state index contributed by atoms with van der Waals surface area (Å²) in [5.74, 6) is 0.0715. The molecule has 140 valence electrons. The van der Waals surface area contributed by atoms with Gasteiger partial charge in [0.25, 0.3) is 5.89 Å². The fourth-order valence-corrected chi connectivity index (χ4v) is 2.56. The number of aromatic nitrogens is 2. The largest absolute Gasteiger partial charge is 0.573 e. The van der Waals surface area contributed by atoms with Crippen LogP contribution in [0.25, 0.3) is 11.5 Å². The molecular weight excluding hydrogens is 357 g/mol. The summed E-state index contributed by atoms with van der Waals surface area (Å²) < 4.78 is 45.9. The van der Waals surface area contributed by atoms with E-state index in [0.717, 1.165) is 6.07 Å². The summed E-state index contributed by atoms with van der Waals surface area (Å²) in [6.45, 7) is 2.19. The van der Waals surface area contributed by atoms with Crippen LogP contribution in [0.1, 0.15) is 5.82 Å². The van der Waals surface area contributed by atoms with Gasteiger partial charge in [0.15, 0.2) is 5.82 Å². The summed E-state index contributed by atoms with van der Waals surface area (Å²) in [5, 5.41) is 12.7. The van der Waals surface area contributed by atoms with Gasteiger partial charge in [0.1, 0.15) is 5.75 Å². The first-order valence-corrected chi connectivity index (χ1v) is 7.69. The molecule has 3 rings (SSSR count). The monoisotopic (exact) mass is 372 g/mol.